The molecule has 0 saturated heterocycles. The number of methoxy groups -OCH3 is 1. The van der Waals surface area contributed by atoms with Crippen LogP contribution < -0.4 is 0 Å². The van der Waals surface area contributed by atoms with Crippen LogP contribution in [0.3, 0.4) is 0 Å². The number of ether oxygens (including phenoxy) is 1. The van der Waals surface area contributed by atoms with Gasteiger partial charge in [0.05, 0.1) is 12.7 Å². The van der Waals surface area contributed by atoms with Gasteiger partial charge in [0.1, 0.15) is 0 Å². The fourth-order valence-corrected chi connectivity index (χ4v) is 1.18. The van der Waals surface area contributed by atoms with Gasteiger partial charge < -0.3 is 4.74 Å². The molecule has 0 bridgehead atoms. The van der Waals surface area contributed by atoms with Crippen LogP contribution in [0.1, 0.15) is 28.8 Å². The summed E-state index contributed by atoms with van der Waals surface area (Å²) in [5.41, 5.74) is 1.72. The van der Waals surface area contributed by atoms with Crippen molar-refractivity contribution < 1.29 is 9.53 Å². The maximum Gasteiger partial charge on any atom is 0.337 e. The van der Waals surface area contributed by atoms with Crippen molar-refractivity contribution in [2.75, 3.05) is 7.11 Å². The summed E-state index contributed by atoms with van der Waals surface area (Å²) >= 11 is 0. The molecule has 0 aliphatic rings. The minimum Gasteiger partial charge on any atom is -0.465 e. The SMILES string of the molecule is C=CC(C)c1ccc(C(=O)OC)cc1. The minimum absolute atomic E-state index is 0.303. The van der Waals surface area contributed by atoms with Gasteiger partial charge in [-0.25, -0.2) is 4.79 Å². The van der Waals surface area contributed by atoms with E-state index in [2.05, 4.69) is 18.2 Å². The molecule has 2 nitrogen and oxygen atoms in total. The van der Waals surface area contributed by atoms with Crippen molar-refractivity contribution in [3.05, 3.63) is 48.0 Å². The zero-order valence-electron chi connectivity index (χ0n) is 8.49. The Morgan fingerprint density at radius 1 is 1.43 bits per heavy atom. The topological polar surface area (TPSA) is 26.3 Å². The second kappa shape index (κ2) is 4.61. The van der Waals surface area contributed by atoms with Crippen LogP contribution in [0.4, 0.5) is 0 Å². The molecule has 0 radical (unpaired) electrons. The molecule has 1 aromatic rings. The summed E-state index contributed by atoms with van der Waals surface area (Å²) < 4.78 is 4.60. The number of esters is 1. The van der Waals surface area contributed by atoms with Gasteiger partial charge in [-0.3, -0.25) is 0 Å². The van der Waals surface area contributed by atoms with Crippen LogP contribution in [0.5, 0.6) is 0 Å². The second-order valence-electron chi connectivity index (χ2n) is 3.14. The van der Waals surface area contributed by atoms with Crippen LogP contribution >= 0.6 is 0 Å². The number of rotatable bonds is 3. The standard InChI is InChI=1S/C12H14O2/c1-4-9(2)10-5-7-11(8-6-10)12(13)14-3/h4-9H,1H2,2-3H3. The van der Waals surface area contributed by atoms with E-state index < -0.39 is 0 Å². The lowest BCUT2D eigenvalue weighted by Gasteiger charge is -2.06. The molecule has 0 amide bonds. The molecule has 0 aliphatic heterocycles. The summed E-state index contributed by atoms with van der Waals surface area (Å²) in [5, 5.41) is 0. The van der Waals surface area contributed by atoms with Gasteiger partial charge in [-0.15, -0.1) is 6.58 Å². The van der Waals surface area contributed by atoms with Gasteiger partial charge in [0.15, 0.2) is 0 Å². The van der Waals surface area contributed by atoms with Crippen molar-refractivity contribution in [3.8, 4) is 0 Å². The first-order chi connectivity index (χ1) is 6.69. The fraction of sp³-hybridized carbons (Fsp3) is 0.250. The number of hydrogen-bond donors (Lipinski definition) is 0. The molecule has 1 atom stereocenters. The van der Waals surface area contributed by atoms with Gasteiger partial charge in [0.2, 0.25) is 0 Å². The first-order valence-electron chi connectivity index (χ1n) is 4.50. The van der Waals surface area contributed by atoms with Gasteiger partial charge in [0.25, 0.3) is 0 Å². The van der Waals surface area contributed by atoms with E-state index in [-0.39, 0.29) is 5.97 Å². The molecule has 1 aromatic carbocycles. The molecule has 74 valence electrons. The van der Waals surface area contributed by atoms with Crippen LogP contribution in [-0.4, -0.2) is 13.1 Å². The number of benzene rings is 1. The van der Waals surface area contributed by atoms with Crippen LogP contribution in [0.25, 0.3) is 0 Å². The third-order valence-electron chi connectivity index (χ3n) is 2.21. The molecule has 1 rings (SSSR count). The summed E-state index contributed by atoms with van der Waals surface area (Å²) in [5.74, 6) is 0.00417. The highest BCUT2D eigenvalue weighted by Crippen LogP contribution is 2.16. The number of carbonyl (C=O) groups is 1. The van der Waals surface area contributed by atoms with E-state index in [9.17, 15) is 4.79 Å². The Morgan fingerprint density at radius 3 is 2.43 bits per heavy atom. The zero-order valence-corrected chi connectivity index (χ0v) is 8.49. The number of hydrogen-bond acceptors (Lipinski definition) is 2. The van der Waals surface area contributed by atoms with Crippen molar-refractivity contribution in [1.29, 1.82) is 0 Å². The first kappa shape index (κ1) is 10.5. The average Bonchev–Trinajstić information content (AvgIpc) is 2.27. The molecule has 0 aromatic heterocycles. The summed E-state index contributed by atoms with van der Waals surface area (Å²) in [6.45, 7) is 5.77. The van der Waals surface area contributed by atoms with Crippen LogP contribution in [-0.2, 0) is 4.74 Å². The quantitative estimate of drug-likeness (QED) is 0.541. The van der Waals surface area contributed by atoms with E-state index in [1.165, 1.54) is 7.11 Å². The molecule has 0 aliphatic carbocycles. The molecule has 0 N–H and O–H groups in total. The van der Waals surface area contributed by atoms with Crippen LogP contribution in [0.2, 0.25) is 0 Å². The molecular formula is C12H14O2. The monoisotopic (exact) mass is 190 g/mol. The predicted octanol–water partition coefficient (Wildman–Crippen LogP) is 2.76. The van der Waals surface area contributed by atoms with Crippen LogP contribution in [0.15, 0.2) is 36.9 Å². The van der Waals surface area contributed by atoms with E-state index in [1.807, 2.05) is 18.2 Å². The molecule has 0 fully saturated rings. The molecule has 2 heteroatoms. The fourth-order valence-electron chi connectivity index (χ4n) is 1.18. The maximum atomic E-state index is 11.1. The predicted molar refractivity (Wildman–Crippen MR) is 56.4 cm³/mol. The highest BCUT2D eigenvalue weighted by atomic mass is 16.5. The Labute approximate surface area is 84.2 Å². The largest absolute Gasteiger partial charge is 0.465 e. The molecule has 1 unspecified atom stereocenters. The van der Waals surface area contributed by atoms with Crippen LogP contribution in [0, 0.1) is 0 Å². The number of allylic oxidation sites excluding steroid dienone is 1. The van der Waals surface area contributed by atoms with E-state index in [1.54, 1.807) is 12.1 Å². The average molecular weight is 190 g/mol. The Kier molecular flexibility index (Phi) is 3.46. The van der Waals surface area contributed by atoms with Gasteiger partial charge >= 0.3 is 5.97 Å². The third kappa shape index (κ3) is 2.22. The Hall–Kier alpha value is -1.57. The lowest BCUT2D eigenvalue weighted by molar-refractivity contribution is 0.0600. The Bertz CT molecular complexity index is 325. The first-order valence-corrected chi connectivity index (χ1v) is 4.50. The van der Waals surface area contributed by atoms with Crippen molar-refractivity contribution in [2.45, 2.75) is 12.8 Å². The van der Waals surface area contributed by atoms with Gasteiger partial charge in [0, 0.05) is 0 Å². The molecule has 14 heavy (non-hydrogen) atoms. The van der Waals surface area contributed by atoms with Gasteiger partial charge in [-0.2, -0.15) is 0 Å². The maximum absolute atomic E-state index is 11.1. The van der Waals surface area contributed by atoms with Crippen molar-refractivity contribution in [1.82, 2.24) is 0 Å². The highest BCUT2D eigenvalue weighted by molar-refractivity contribution is 5.89. The smallest absolute Gasteiger partial charge is 0.337 e. The zero-order chi connectivity index (χ0) is 10.6. The van der Waals surface area contributed by atoms with E-state index in [0.29, 0.717) is 11.5 Å². The number of carbonyl (C=O) groups excluding carboxylic acids is 1. The van der Waals surface area contributed by atoms with Crippen molar-refractivity contribution >= 4 is 5.97 Å². The molecule has 0 saturated carbocycles. The summed E-state index contributed by atoms with van der Waals surface area (Å²) in [4.78, 5) is 11.1. The van der Waals surface area contributed by atoms with Gasteiger partial charge in [-0.1, -0.05) is 25.1 Å². The third-order valence-corrected chi connectivity index (χ3v) is 2.21. The minimum atomic E-state index is -0.303. The lowest BCUT2D eigenvalue weighted by Crippen LogP contribution is -2.01. The molecule has 0 heterocycles. The Morgan fingerprint density at radius 2 is 2.00 bits per heavy atom. The summed E-state index contributed by atoms with van der Waals surface area (Å²) in [6.07, 6.45) is 1.87. The van der Waals surface area contributed by atoms with E-state index >= 15 is 0 Å². The van der Waals surface area contributed by atoms with Crippen molar-refractivity contribution in [3.63, 3.8) is 0 Å². The van der Waals surface area contributed by atoms with E-state index in [0.717, 1.165) is 5.56 Å². The molecule has 0 spiro atoms. The molecular weight excluding hydrogens is 176 g/mol. The Balaban J connectivity index is 2.88. The highest BCUT2D eigenvalue weighted by Gasteiger charge is 2.05. The second-order valence-corrected chi connectivity index (χ2v) is 3.14. The lowest BCUT2D eigenvalue weighted by atomic mass is 10.0. The summed E-state index contributed by atoms with van der Waals surface area (Å²) in [7, 11) is 1.38. The van der Waals surface area contributed by atoms with E-state index in [4.69, 9.17) is 0 Å². The normalized spacial score (nSPS) is 11.9. The summed E-state index contributed by atoms with van der Waals surface area (Å²) in [6, 6.07) is 7.36. The van der Waals surface area contributed by atoms with Gasteiger partial charge in [-0.05, 0) is 23.6 Å². The van der Waals surface area contributed by atoms with Crippen molar-refractivity contribution in [2.24, 2.45) is 0 Å².